The van der Waals surface area contributed by atoms with E-state index in [1.807, 2.05) is 66.7 Å². The topological polar surface area (TPSA) is 115 Å². The smallest absolute Gasteiger partial charge is 0.255 e. The van der Waals surface area contributed by atoms with Gasteiger partial charge in [0.25, 0.3) is 11.6 Å². The number of ether oxygens (including phenoxy) is 2. The Labute approximate surface area is 237 Å². The van der Waals surface area contributed by atoms with E-state index in [0.717, 1.165) is 49.8 Å². The van der Waals surface area contributed by atoms with E-state index in [1.54, 1.807) is 19.1 Å². The van der Waals surface area contributed by atoms with Crippen LogP contribution in [-0.4, -0.2) is 65.2 Å². The number of amides is 1. The number of hydrogen-bond donors (Lipinski definition) is 2. The van der Waals surface area contributed by atoms with Crippen molar-refractivity contribution in [3.8, 4) is 17.2 Å². The highest BCUT2D eigenvalue weighted by Crippen LogP contribution is 2.30. The van der Waals surface area contributed by atoms with Crippen LogP contribution in [0, 0.1) is 6.92 Å². The highest BCUT2D eigenvalue weighted by molar-refractivity contribution is 6.04. The predicted molar refractivity (Wildman–Crippen MR) is 157 cm³/mol. The maximum Gasteiger partial charge on any atom is 0.255 e. The molecule has 1 aliphatic rings. The van der Waals surface area contributed by atoms with E-state index in [4.69, 9.17) is 18.9 Å². The number of nitrogens with zero attached hydrogens (tertiary/aromatic N) is 4. The summed E-state index contributed by atoms with van der Waals surface area (Å²) < 4.78 is 17.3. The average molecular weight is 551 g/mol. The molecule has 0 radical (unpaired) electrons. The van der Waals surface area contributed by atoms with Gasteiger partial charge in [0.1, 0.15) is 18.2 Å². The minimum Gasteiger partial charge on any atom is -0.492 e. The summed E-state index contributed by atoms with van der Waals surface area (Å²) in [6.07, 6.45) is 0. The summed E-state index contributed by atoms with van der Waals surface area (Å²) in [4.78, 5) is 28.5. The van der Waals surface area contributed by atoms with Gasteiger partial charge < -0.3 is 24.5 Å². The van der Waals surface area contributed by atoms with Gasteiger partial charge in [0.2, 0.25) is 5.89 Å². The minimum absolute atomic E-state index is 0.165. The Morgan fingerprint density at radius 1 is 0.902 bits per heavy atom. The van der Waals surface area contributed by atoms with Gasteiger partial charge in [-0.3, -0.25) is 9.69 Å². The summed E-state index contributed by atoms with van der Waals surface area (Å²) in [5, 5.41) is 6.21. The number of fused-ring (bicyclic) bond motifs is 1. The second kappa shape index (κ2) is 12.2. The van der Waals surface area contributed by atoms with Crippen LogP contribution in [0.1, 0.15) is 16.2 Å². The molecule has 3 aromatic carbocycles. The zero-order chi connectivity index (χ0) is 28.0. The molecule has 0 unspecified atom stereocenters. The Kier molecular flexibility index (Phi) is 7.83. The van der Waals surface area contributed by atoms with Gasteiger partial charge in [-0.05, 0) is 67.6 Å². The molecule has 1 saturated heterocycles. The Hall–Kier alpha value is -4.80. The van der Waals surface area contributed by atoms with Crippen LogP contribution in [0.4, 0.5) is 17.2 Å². The molecular formula is C31H30N6O4. The zero-order valence-electron chi connectivity index (χ0n) is 22.7. The molecule has 208 valence electrons. The summed E-state index contributed by atoms with van der Waals surface area (Å²) in [6, 6.07) is 24.1. The lowest BCUT2D eigenvalue weighted by Gasteiger charge is -2.26. The van der Waals surface area contributed by atoms with Crippen LogP contribution in [0.2, 0.25) is 0 Å². The fourth-order valence-corrected chi connectivity index (χ4v) is 4.52. The SMILES string of the molecule is Cc1nc(Nc2ccc(NC(=O)c3ccccc3)cc2)c2nc(-c3ccc(OCCN4CCOCC4)cc3)oc2n1. The molecule has 3 heterocycles. The number of anilines is 3. The summed E-state index contributed by atoms with van der Waals surface area (Å²) >= 11 is 0. The second-order valence-corrected chi connectivity index (χ2v) is 9.64. The minimum atomic E-state index is -0.165. The van der Waals surface area contributed by atoms with Crippen molar-refractivity contribution in [2.75, 3.05) is 50.1 Å². The van der Waals surface area contributed by atoms with Crippen molar-refractivity contribution >= 4 is 34.3 Å². The van der Waals surface area contributed by atoms with Crippen LogP contribution in [0.25, 0.3) is 22.7 Å². The van der Waals surface area contributed by atoms with E-state index < -0.39 is 0 Å². The number of hydrogen-bond acceptors (Lipinski definition) is 9. The molecule has 0 bridgehead atoms. The third-order valence-electron chi connectivity index (χ3n) is 6.69. The van der Waals surface area contributed by atoms with Crippen LogP contribution in [0.5, 0.6) is 5.75 Å². The molecule has 2 aromatic heterocycles. The Balaban J connectivity index is 1.12. The van der Waals surface area contributed by atoms with Gasteiger partial charge in [-0.1, -0.05) is 18.2 Å². The predicted octanol–water partition coefficient (Wildman–Crippen LogP) is 5.30. The van der Waals surface area contributed by atoms with Gasteiger partial charge in [-0.25, -0.2) is 9.97 Å². The van der Waals surface area contributed by atoms with Crippen molar-refractivity contribution in [1.82, 2.24) is 19.9 Å². The van der Waals surface area contributed by atoms with Gasteiger partial charge >= 0.3 is 0 Å². The standard InChI is InChI=1S/C31H30N6O4/c1-21-32-28(34-24-9-11-25(12-10-24)35-29(38)22-5-3-2-4-6-22)27-31(33-21)41-30(36-27)23-7-13-26(14-8-23)40-20-17-37-15-18-39-19-16-37/h2-14H,15-20H2,1H3,(H,35,38)(H,32,33,34). The molecule has 5 aromatic rings. The van der Waals surface area contributed by atoms with E-state index in [-0.39, 0.29) is 5.91 Å². The third-order valence-corrected chi connectivity index (χ3v) is 6.69. The second-order valence-electron chi connectivity index (χ2n) is 9.64. The molecule has 0 aliphatic carbocycles. The van der Waals surface area contributed by atoms with Gasteiger partial charge in [-0.15, -0.1) is 0 Å². The van der Waals surface area contributed by atoms with Crippen molar-refractivity contribution < 1.29 is 18.7 Å². The van der Waals surface area contributed by atoms with Crippen molar-refractivity contribution in [2.45, 2.75) is 6.92 Å². The molecular weight excluding hydrogens is 520 g/mol. The number of aryl methyl sites for hydroxylation is 1. The fourth-order valence-electron chi connectivity index (χ4n) is 4.52. The number of carbonyl (C=O) groups excluding carboxylic acids is 1. The van der Waals surface area contributed by atoms with Crippen LogP contribution >= 0.6 is 0 Å². The van der Waals surface area contributed by atoms with Gasteiger partial charge in [0, 0.05) is 42.1 Å². The largest absolute Gasteiger partial charge is 0.492 e. The van der Waals surface area contributed by atoms with Gasteiger partial charge in [0.15, 0.2) is 11.3 Å². The molecule has 1 fully saturated rings. The van der Waals surface area contributed by atoms with Crippen molar-refractivity contribution in [2.24, 2.45) is 0 Å². The third kappa shape index (κ3) is 6.51. The lowest BCUT2D eigenvalue weighted by Crippen LogP contribution is -2.38. The average Bonchev–Trinajstić information content (AvgIpc) is 3.44. The first-order chi connectivity index (χ1) is 20.1. The number of benzene rings is 3. The number of rotatable bonds is 9. The van der Waals surface area contributed by atoms with E-state index in [9.17, 15) is 4.79 Å². The summed E-state index contributed by atoms with van der Waals surface area (Å²) in [5.74, 6) is 2.16. The van der Waals surface area contributed by atoms with Crippen LogP contribution in [0.3, 0.4) is 0 Å². The maximum absolute atomic E-state index is 12.4. The first kappa shape index (κ1) is 26.4. The van der Waals surface area contributed by atoms with E-state index >= 15 is 0 Å². The maximum atomic E-state index is 12.4. The molecule has 10 nitrogen and oxygen atoms in total. The normalized spacial score (nSPS) is 13.7. The van der Waals surface area contributed by atoms with Crippen molar-refractivity contribution in [3.05, 3.63) is 90.3 Å². The number of oxazole rings is 1. The summed E-state index contributed by atoms with van der Waals surface area (Å²) in [7, 11) is 0. The summed E-state index contributed by atoms with van der Waals surface area (Å²) in [5.41, 5.74) is 3.80. The highest BCUT2D eigenvalue weighted by atomic mass is 16.5. The zero-order valence-corrected chi connectivity index (χ0v) is 22.7. The van der Waals surface area contributed by atoms with E-state index in [0.29, 0.717) is 46.6 Å². The van der Waals surface area contributed by atoms with Crippen molar-refractivity contribution in [1.29, 1.82) is 0 Å². The van der Waals surface area contributed by atoms with Gasteiger partial charge in [0.05, 0.1) is 13.2 Å². The van der Waals surface area contributed by atoms with Crippen molar-refractivity contribution in [3.63, 3.8) is 0 Å². The first-order valence-corrected chi connectivity index (χ1v) is 13.5. The number of morpholine rings is 1. The molecule has 1 amide bonds. The Morgan fingerprint density at radius 3 is 2.39 bits per heavy atom. The lowest BCUT2D eigenvalue weighted by molar-refractivity contribution is 0.0322. The Morgan fingerprint density at radius 2 is 1.63 bits per heavy atom. The molecule has 2 N–H and O–H groups in total. The van der Waals surface area contributed by atoms with E-state index in [1.165, 1.54) is 0 Å². The quantitative estimate of drug-likeness (QED) is 0.252. The molecule has 10 heteroatoms. The molecule has 0 spiro atoms. The molecule has 0 atom stereocenters. The first-order valence-electron chi connectivity index (χ1n) is 13.5. The van der Waals surface area contributed by atoms with Crippen LogP contribution < -0.4 is 15.4 Å². The summed E-state index contributed by atoms with van der Waals surface area (Å²) in [6.45, 7) is 6.73. The van der Waals surface area contributed by atoms with E-state index in [2.05, 4.69) is 25.5 Å². The molecule has 6 rings (SSSR count). The van der Waals surface area contributed by atoms with Gasteiger partial charge in [-0.2, -0.15) is 4.98 Å². The number of nitrogens with one attached hydrogen (secondary N) is 2. The molecule has 1 aliphatic heterocycles. The molecule has 0 saturated carbocycles. The lowest BCUT2D eigenvalue weighted by atomic mass is 10.2. The van der Waals surface area contributed by atoms with Crippen LogP contribution in [0.15, 0.2) is 83.3 Å². The highest BCUT2D eigenvalue weighted by Gasteiger charge is 2.16. The number of aromatic nitrogens is 3. The fraction of sp³-hybridized carbons (Fsp3) is 0.226. The van der Waals surface area contributed by atoms with Crippen LogP contribution in [-0.2, 0) is 4.74 Å². The molecule has 41 heavy (non-hydrogen) atoms. The number of carbonyl (C=O) groups is 1. The Bertz CT molecular complexity index is 1620. The monoisotopic (exact) mass is 550 g/mol.